The Kier molecular flexibility index (Phi) is 5.50. The van der Waals surface area contributed by atoms with Gasteiger partial charge in [-0.3, -0.25) is 9.89 Å². The topological polar surface area (TPSA) is 70.7 Å². The minimum absolute atomic E-state index is 0.224. The molecule has 25 heavy (non-hydrogen) atoms. The van der Waals surface area contributed by atoms with Crippen LogP contribution in [0, 0.1) is 12.7 Å². The molecule has 0 aliphatic heterocycles. The van der Waals surface area contributed by atoms with Crippen molar-refractivity contribution in [1.82, 2.24) is 15.2 Å². The maximum Gasteiger partial charge on any atom is 0.237 e. The third-order valence-electron chi connectivity index (χ3n) is 3.52. The molecule has 0 saturated carbocycles. The van der Waals surface area contributed by atoms with Gasteiger partial charge in [-0.25, -0.2) is 9.37 Å². The number of hydrogen-bond acceptors (Lipinski definition) is 5. The first-order valence-corrected chi connectivity index (χ1v) is 9.44. The van der Waals surface area contributed by atoms with Gasteiger partial charge in [-0.05, 0) is 43.0 Å². The number of halogens is 1. The monoisotopic (exact) mass is 376 g/mol. The van der Waals surface area contributed by atoms with E-state index in [1.54, 1.807) is 37.3 Å². The van der Waals surface area contributed by atoms with E-state index in [0.29, 0.717) is 22.8 Å². The SMILES string of the molecule is Cc1ccc(NC(=O)C(C)Sc2n[nH]c(Cc3cccs3)n2)cc1F. The maximum atomic E-state index is 13.6. The van der Waals surface area contributed by atoms with Gasteiger partial charge in [0.1, 0.15) is 11.6 Å². The molecule has 1 unspecified atom stereocenters. The van der Waals surface area contributed by atoms with Gasteiger partial charge in [0.05, 0.1) is 5.25 Å². The van der Waals surface area contributed by atoms with Gasteiger partial charge in [0.15, 0.2) is 0 Å². The molecule has 0 spiro atoms. The summed E-state index contributed by atoms with van der Waals surface area (Å²) < 4.78 is 13.6. The highest BCUT2D eigenvalue weighted by atomic mass is 32.2. The zero-order valence-electron chi connectivity index (χ0n) is 13.7. The van der Waals surface area contributed by atoms with Gasteiger partial charge >= 0.3 is 0 Å². The highest BCUT2D eigenvalue weighted by Gasteiger charge is 2.18. The molecule has 2 heterocycles. The van der Waals surface area contributed by atoms with Crippen molar-refractivity contribution < 1.29 is 9.18 Å². The molecule has 0 aliphatic rings. The fourth-order valence-electron chi connectivity index (χ4n) is 2.11. The molecule has 130 valence electrons. The predicted octanol–water partition coefficient (Wildman–Crippen LogP) is 4.02. The molecule has 1 aromatic carbocycles. The second-order valence-electron chi connectivity index (χ2n) is 5.53. The van der Waals surface area contributed by atoms with Gasteiger partial charge in [0.25, 0.3) is 0 Å². The molecule has 0 radical (unpaired) electrons. The van der Waals surface area contributed by atoms with E-state index in [4.69, 9.17) is 0 Å². The molecule has 1 amide bonds. The van der Waals surface area contributed by atoms with Crippen LogP contribution in [-0.4, -0.2) is 26.3 Å². The van der Waals surface area contributed by atoms with Crippen molar-refractivity contribution in [2.45, 2.75) is 30.7 Å². The normalized spacial score (nSPS) is 12.1. The number of H-pyrrole nitrogens is 1. The average Bonchev–Trinajstić information content (AvgIpc) is 3.23. The van der Waals surface area contributed by atoms with Crippen LogP contribution in [0.2, 0.25) is 0 Å². The largest absolute Gasteiger partial charge is 0.325 e. The van der Waals surface area contributed by atoms with Crippen LogP contribution in [0.1, 0.15) is 23.2 Å². The minimum atomic E-state index is -0.408. The Hall–Kier alpha value is -2.19. The molecule has 5 nitrogen and oxygen atoms in total. The molecule has 0 aliphatic carbocycles. The summed E-state index contributed by atoms with van der Waals surface area (Å²) in [6.45, 7) is 3.44. The molecule has 1 atom stereocenters. The zero-order chi connectivity index (χ0) is 17.8. The summed E-state index contributed by atoms with van der Waals surface area (Å²) in [5.41, 5.74) is 0.980. The summed E-state index contributed by atoms with van der Waals surface area (Å²) in [5, 5.41) is 11.9. The number of thioether (sulfide) groups is 1. The second kappa shape index (κ2) is 7.79. The number of rotatable bonds is 6. The van der Waals surface area contributed by atoms with Crippen LogP contribution in [0.25, 0.3) is 0 Å². The maximum absolute atomic E-state index is 13.6. The minimum Gasteiger partial charge on any atom is -0.325 e. The number of carbonyl (C=O) groups is 1. The Balaban J connectivity index is 1.57. The van der Waals surface area contributed by atoms with E-state index in [1.165, 1.54) is 22.7 Å². The molecule has 2 aromatic heterocycles. The predicted molar refractivity (Wildman–Crippen MR) is 98.6 cm³/mol. The van der Waals surface area contributed by atoms with E-state index in [1.807, 2.05) is 17.5 Å². The summed E-state index contributed by atoms with van der Waals surface area (Å²) in [4.78, 5) is 17.9. The summed E-state index contributed by atoms with van der Waals surface area (Å²) >= 11 is 2.92. The number of thiophene rings is 1. The molecule has 2 N–H and O–H groups in total. The molecule has 3 aromatic rings. The molecule has 3 rings (SSSR count). The standard InChI is InChI=1S/C17H17FN4OS2/c1-10-5-6-12(8-14(10)18)19-16(23)11(2)25-17-20-15(21-22-17)9-13-4-3-7-24-13/h3-8,11H,9H2,1-2H3,(H,19,23)(H,20,21,22). The van der Waals surface area contributed by atoms with Gasteiger partial charge in [-0.2, -0.15) is 0 Å². The second-order valence-corrected chi connectivity index (χ2v) is 7.87. The van der Waals surface area contributed by atoms with E-state index >= 15 is 0 Å². The quantitative estimate of drug-likeness (QED) is 0.638. The van der Waals surface area contributed by atoms with Gasteiger partial charge in [-0.15, -0.1) is 16.4 Å². The van der Waals surface area contributed by atoms with Crippen LogP contribution in [0.3, 0.4) is 0 Å². The molecule has 0 fully saturated rings. The van der Waals surface area contributed by atoms with E-state index in [2.05, 4.69) is 20.5 Å². The van der Waals surface area contributed by atoms with Gasteiger partial charge < -0.3 is 5.32 Å². The first-order chi connectivity index (χ1) is 12.0. The Morgan fingerprint density at radius 1 is 1.44 bits per heavy atom. The molecule has 8 heteroatoms. The van der Waals surface area contributed by atoms with Crippen molar-refractivity contribution in [1.29, 1.82) is 0 Å². The number of anilines is 1. The molecule has 0 bridgehead atoms. The highest BCUT2D eigenvalue weighted by Crippen LogP contribution is 2.22. The summed E-state index contributed by atoms with van der Waals surface area (Å²) in [5.74, 6) is 0.196. The van der Waals surface area contributed by atoms with Gasteiger partial charge in [0, 0.05) is 17.0 Å². The number of benzene rings is 1. The van der Waals surface area contributed by atoms with Gasteiger partial charge in [0.2, 0.25) is 11.1 Å². The fourth-order valence-corrected chi connectivity index (χ4v) is 3.57. The molecule has 0 saturated heterocycles. The van der Waals surface area contributed by atoms with Crippen LogP contribution in [-0.2, 0) is 11.2 Å². The van der Waals surface area contributed by atoms with E-state index in [0.717, 1.165) is 5.82 Å². The highest BCUT2D eigenvalue weighted by molar-refractivity contribution is 8.00. The van der Waals surface area contributed by atoms with Crippen LogP contribution in [0.4, 0.5) is 10.1 Å². The number of carbonyl (C=O) groups excluding carboxylic acids is 1. The zero-order valence-corrected chi connectivity index (χ0v) is 15.4. The Morgan fingerprint density at radius 3 is 3.00 bits per heavy atom. The van der Waals surface area contributed by atoms with Crippen molar-refractivity contribution in [3.63, 3.8) is 0 Å². The van der Waals surface area contributed by atoms with Crippen LogP contribution in [0.5, 0.6) is 0 Å². The van der Waals surface area contributed by atoms with E-state index in [9.17, 15) is 9.18 Å². The van der Waals surface area contributed by atoms with E-state index < -0.39 is 5.25 Å². The molecular weight excluding hydrogens is 359 g/mol. The van der Waals surface area contributed by atoms with Gasteiger partial charge in [-0.1, -0.05) is 23.9 Å². The van der Waals surface area contributed by atoms with Crippen molar-refractivity contribution in [3.05, 3.63) is 57.8 Å². The van der Waals surface area contributed by atoms with Crippen molar-refractivity contribution in [3.8, 4) is 0 Å². The number of aryl methyl sites for hydroxylation is 1. The molecular formula is C17H17FN4OS2. The Labute approximate surface area is 153 Å². The first kappa shape index (κ1) is 17.6. The van der Waals surface area contributed by atoms with Crippen LogP contribution in [0.15, 0.2) is 40.9 Å². The summed E-state index contributed by atoms with van der Waals surface area (Å²) in [6, 6.07) is 8.66. The lowest BCUT2D eigenvalue weighted by molar-refractivity contribution is -0.115. The lowest BCUT2D eigenvalue weighted by Gasteiger charge is -2.10. The fraction of sp³-hybridized carbons (Fsp3) is 0.235. The number of nitrogens with one attached hydrogen (secondary N) is 2. The number of hydrogen-bond donors (Lipinski definition) is 2. The van der Waals surface area contributed by atoms with Crippen LogP contribution >= 0.6 is 23.1 Å². The summed E-state index contributed by atoms with van der Waals surface area (Å²) in [7, 11) is 0. The Bertz CT molecular complexity index is 863. The third kappa shape index (κ3) is 4.67. The average molecular weight is 376 g/mol. The van der Waals surface area contributed by atoms with Crippen LogP contribution < -0.4 is 5.32 Å². The summed E-state index contributed by atoms with van der Waals surface area (Å²) in [6.07, 6.45) is 0.689. The van der Waals surface area contributed by atoms with Crippen molar-refractivity contribution in [2.75, 3.05) is 5.32 Å². The van der Waals surface area contributed by atoms with Crippen molar-refractivity contribution in [2.24, 2.45) is 0 Å². The first-order valence-electron chi connectivity index (χ1n) is 7.68. The Morgan fingerprint density at radius 2 is 2.28 bits per heavy atom. The van der Waals surface area contributed by atoms with E-state index in [-0.39, 0.29) is 11.7 Å². The number of aromatic amines is 1. The third-order valence-corrected chi connectivity index (χ3v) is 5.36. The number of amides is 1. The lowest BCUT2D eigenvalue weighted by Crippen LogP contribution is -2.22. The van der Waals surface area contributed by atoms with Crippen molar-refractivity contribution >= 4 is 34.7 Å². The number of aromatic nitrogens is 3. The number of nitrogens with zero attached hydrogens (tertiary/aromatic N) is 2. The smallest absolute Gasteiger partial charge is 0.237 e. The lowest BCUT2D eigenvalue weighted by atomic mass is 10.2.